The van der Waals surface area contributed by atoms with Crippen LogP contribution in [-0.2, 0) is 6.61 Å². The molecule has 0 fully saturated rings. The van der Waals surface area contributed by atoms with Crippen LogP contribution in [0.25, 0.3) is 0 Å². The van der Waals surface area contributed by atoms with Gasteiger partial charge in [0.1, 0.15) is 11.4 Å². The minimum atomic E-state index is -0.237. The number of halogens is 1. The average Bonchev–Trinajstić information content (AvgIpc) is 1.88. The lowest BCUT2D eigenvalue weighted by Gasteiger charge is -1.98. The molecule has 0 saturated carbocycles. The molecule has 1 aromatic rings. The summed E-state index contributed by atoms with van der Waals surface area (Å²) in [7, 11) is 0. The largest absolute Gasteiger partial charge is 0.506 e. The molecule has 1 rings (SSSR count). The first kappa shape index (κ1) is 7.50. The standard InChI is InChI=1S/C6H6BrNO2/c7-4-1-6(10)5(3-9)8-2-4/h1-2,9-10H,3H2. The van der Waals surface area contributed by atoms with Crippen molar-refractivity contribution in [1.82, 2.24) is 4.98 Å². The summed E-state index contributed by atoms with van der Waals surface area (Å²) in [5.74, 6) is 0.0110. The maximum absolute atomic E-state index is 9.04. The van der Waals surface area contributed by atoms with Crippen molar-refractivity contribution in [1.29, 1.82) is 0 Å². The summed E-state index contributed by atoms with van der Waals surface area (Å²) in [6.45, 7) is -0.237. The van der Waals surface area contributed by atoms with Crippen molar-refractivity contribution in [2.24, 2.45) is 0 Å². The Kier molecular flexibility index (Phi) is 2.24. The molecule has 0 radical (unpaired) electrons. The van der Waals surface area contributed by atoms with Crippen LogP contribution < -0.4 is 0 Å². The Bertz CT molecular complexity index is 239. The van der Waals surface area contributed by atoms with Gasteiger partial charge in [0.15, 0.2) is 0 Å². The molecule has 0 saturated heterocycles. The van der Waals surface area contributed by atoms with Crippen LogP contribution in [0.2, 0.25) is 0 Å². The summed E-state index contributed by atoms with van der Waals surface area (Å²) in [5, 5.41) is 17.6. The van der Waals surface area contributed by atoms with Gasteiger partial charge < -0.3 is 10.2 Å². The fourth-order valence-corrected chi connectivity index (χ4v) is 0.898. The van der Waals surface area contributed by atoms with Crippen molar-refractivity contribution in [3.8, 4) is 5.75 Å². The zero-order chi connectivity index (χ0) is 7.56. The van der Waals surface area contributed by atoms with E-state index in [1.807, 2.05) is 0 Å². The monoisotopic (exact) mass is 203 g/mol. The molecule has 0 aromatic carbocycles. The van der Waals surface area contributed by atoms with Crippen molar-refractivity contribution >= 4 is 15.9 Å². The minimum absolute atomic E-state index is 0.0110. The number of hydrogen-bond donors (Lipinski definition) is 2. The minimum Gasteiger partial charge on any atom is -0.506 e. The highest BCUT2D eigenvalue weighted by Gasteiger charge is 1.99. The second-order valence-electron chi connectivity index (χ2n) is 1.78. The number of aromatic hydroxyl groups is 1. The van der Waals surface area contributed by atoms with Crippen molar-refractivity contribution in [2.75, 3.05) is 0 Å². The second kappa shape index (κ2) is 2.98. The SMILES string of the molecule is OCc1ncc(Br)cc1O. The van der Waals surface area contributed by atoms with Crippen LogP contribution in [0.15, 0.2) is 16.7 Å². The third-order valence-electron chi connectivity index (χ3n) is 1.06. The first-order valence-corrected chi connectivity index (χ1v) is 3.47. The van der Waals surface area contributed by atoms with Crippen LogP contribution >= 0.6 is 15.9 Å². The van der Waals surface area contributed by atoms with Crippen LogP contribution in [0.3, 0.4) is 0 Å². The zero-order valence-corrected chi connectivity index (χ0v) is 6.67. The molecular formula is C6H6BrNO2. The molecule has 4 heteroatoms. The molecule has 0 aliphatic carbocycles. The van der Waals surface area contributed by atoms with Crippen LogP contribution in [0.1, 0.15) is 5.69 Å². The lowest BCUT2D eigenvalue weighted by atomic mass is 10.3. The number of aliphatic hydroxyl groups excluding tert-OH is 1. The quantitative estimate of drug-likeness (QED) is 0.718. The zero-order valence-electron chi connectivity index (χ0n) is 5.08. The highest BCUT2D eigenvalue weighted by molar-refractivity contribution is 9.10. The van der Waals surface area contributed by atoms with E-state index in [2.05, 4.69) is 20.9 Å². The molecule has 10 heavy (non-hydrogen) atoms. The summed E-state index contributed by atoms with van der Waals surface area (Å²) >= 11 is 3.12. The first-order valence-electron chi connectivity index (χ1n) is 2.68. The van der Waals surface area contributed by atoms with Crippen LogP contribution in [0, 0.1) is 0 Å². The van der Waals surface area contributed by atoms with Crippen LogP contribution in [0.5, 0.6) is 5.75 Å². The molecule has 0 atom stereocenters. The molecule has 54 valence electrons. The number of nitrogens with zero attached hydrogens (tertiary/aromatic N) is 1. The van der Waals surface area contributed by atoms with Gasteiger partial charge in [-0.3, -0.25) is 4.98 Å². The number of aromatic nitrogens is 1. The van der Waals surface area contributed by atoms with E-state index in [1.54, 1.807) is 0 Å². The lowest BCUT2D eigenvalue weighted by molar-refractivity contribution is 0.270. The van der Waals surface area contributed by atoms with E-state index in [1.165, 1.54) is 12.3 Å². The number of pyridine rings is 1. The maximum Gasteiger partial charge on any atom is 0.140 e. The van der Waals surface area contributed by atoms with Crippen molar-refractivity contribution in [2.45, 2.75) is 6.61 Å². The molecule has 0 aliphatic heterocycles. The van der Waals surface area contributed by atoms with Crippen molar-refractivity contribution < 1.29 is 10.2 Å². The van der Waals surface area contributed by atoms with Crippen LogP contribution in [-0.4, -0.2) is 15.2 Å². The molecule has 0 amide bonds. The third kappa shape index (κ3) is 1.46. The van der Waals surface area contributed by atoms with E-state index in [0.29, 0.717) is 10.2 Å². The molecule has 1 heterocycles. The summed E-state index contributed by atoms with van der Waals surface area (Å²) in [4.78, 5) is 3.75. The van der Waals surface area contributed by atoms with E-state index in [9.17, 15) is 0 Å². The Morgan fingerprint density at radius 1 is 1.60 bits per heavy atom. The topological polar surface area (TPSA) is 53.4 Å². The number of rotatable bonds is 1. The predicted octanol–water partition coefficient (Wildman–Crippen LogP) is 1.04. The van der Waals surface area contributed by atoms with Gasteiger partial charge in [-0.05, 0) is 22.0 Å². The predicted molar refractivity (Wildman–Crippen MR) is 39.5 cm³/mol. The van der Waals surface area contributed by atoms with E-state index in [4.69, 9.17) is 10.2 Å². The fourth-order valence-electron chi connectivity index (χ4n) is 0.579. The van der Waals surface area contributed by atoms with Gasteiger partial charge in [-0.1, -0.05) is 0 Å². The molecule has 0 spiro atoms. The average molecular weight is 204 g/mol. The van der Waals surface area contributed by atoms with E-state index < -0.39 is 0 Å². The summed E-state index contributed by atoms with van der Waals surface area (Å²) < 4.78 is 0.696. The molecule has 3 nitrogen and oxygen atoms in total. The Balaban J connectivity index is 3.07. The third-order valence-corrected chi connectivity index (χ3v) is 1.50. The van der Waals surface area contributed by atoms with E-state index >= 15 is 0 Å². The van der Waals surface area contributed by atoms with Crippen molar-refractivity contribution in [3.05, 3.63) is 22.4 Å². The van der Waals surface area contributed by atoms with Gasteiger partial charge in [-0.25, -0.2) is 0 Å². The van der Waals surface area contributed by atoms with E-state index in [-0.39, 0.29) is 12.4 Å². The highest BCUT2D eigenvalue weighted by Crippen LogP contribution is 2.18. The summed E-state index contributed by atoms with van der Waals surface area (Å²) in [5.41, 5.74) is 0.295. The van der Waals surface area contributed by atoms with Gasteiger partial charge in [-0.15, -0.1) is 0 Å². The summed E-state index contributed by atoms with van der Waals surface area (Å²) in [6.07, 6.45) is 1.52. The second-order valence-corrected chi connectivity index (χ2v) is 2.69. The Labute approximate surface area is 66.5 Å². The normalized spacial score (nSPS) is 9.80. The van der Waals surface area contributed by atoms with Gasteiger partial charge >= 0.3 is 0 Å². The van der Waals surface area contributed by atoms with Gasteiger partial charge in [0, 0.05) is 10.7 Å². The molecule has 0 aliphatic rings. The Hall–Kier alpha value is -0.610. The van der Waals surface area contributed by atoms with Crippen molar-refractivity contribution in [3.63, 3.8) is 0 Å². The number of hydrogen-bond acceptors (Lipinski definition) is 3. The smallest absolute Gasteiger partial charge is 0.140 e. The maximum atomic E-state index is 9.04. The molecule has 2 N–H and O–H groups in total. The molecule has 0 unspecified atom stereocenters. The Morgan fingerprint density at radius 3 is 2.80 bits per heavy atom. The fraction of sp³-hybridized carbons (Fsp3) is 0.167. The Morgan fingerprint density at radius 2 is 2.30 bits per heavy atom. The molecular weight excluding hydrogens is 198 g/mol. The van der Waals surface area contributed by atoms with Crippen LogP contribution in [0.4, 0.5) is 0 Å². The van der Waals surface area contributed by atoms with Gasteiger partial charge in [0.05, 0.1) is 6.61 Å². The first-order chi connectivity index (χ1) is 4.74. The van der Waals surface area contributed by atoms with Gasteiger partial charge in [0.2, 0.25) is 0 Å². The molecule has 0 bridgehead atoms. The lowest BCUT2D eigenvalue weighted by Crippen LogP contribution is -1.88. The highest BCUT2D eigenvalue weighted by atomic mass is 79.9. The van der Waals surface area contributed by atoms with Gasteiger partial charge in [-0.2, -0.15) is 0 Å². The van der Waals surface area contributed by atoms with E-state index in [0.717, 1.165) is 0 Å². The molecule has 1 aromatic heterocycles. The number of aliphatic hydroxyl groups is 1. The summed E-state index contributed by atoms with van der Waals surface area (Å²) in [6, 6.07) is 1.48. The van der Waals surface area contributed by atoms with Gasteiger partial charge in [0.25, 0.3) is 0 Å².